The minimum atomic E-state index is -0.233. The number of methoxy groups -OCH3 is 1. The van der Waals surface area contributed by atoms with Gasteiger partial charge in [0, 0.05) is 39.0 Å². The molecule has 5 heteroatoms. The van der Waals surface area contributed by atoms with Crippen LogP contribution in [0.25, 0.3) is 0 Å². The molecule has 18 heavy (non-hydrogen) atoms. The molecule has 0 saturated carbocycles. The van der Waals surface area contributed by atoms with Crippen molar-refractivity contribution in [3.8, 4) is 0 Å². The Bertz CT molecular complexity index is 374. The van der Waals surface area contributed by atoms with Gasteiger partial charge in [0.15, 0.2) is 0 Å². The van der Waals surface area contributed by atoms with Crippen molar-refractivity contribution in [2.75, 3.05) is 34.4 Å². The number of nitrogens with one attached hydrogen (secondary N) is 1. The maximum absolute atomic E-state index is 11.9. The Labute approximate surface area is 109 Å². The first-order valence-corrected chi connectivity index (χ1v) is 6.09. The Morgan fingerprint density at radius 3 is 2.78 bits per heavy atom. The summed E-state index contributed by atoms with van der Waals surface area (Å²) in [5, 5.41) is 2.94. The summed E-state index contributed by atoms with van der Waals surface area (Å²) in [6.45, 7) is 1.05. The molecule has 5 nitrogen and oxygen atoms in total. The zero-order valence-corrected chi connectivity index (χ0v) is 11.6. The molecule has 1 atom stereocenters. The van der Waals surface area contributed by atoms with Gasteiger partial charge in [-0.25, -0.2) is 0 Å². The minimum Gasteiger partial charge on any atom is -0.383 e. The molecule has 1 rings (SSSR count). The molecule has 1 unspecified atom stereocenters. The van der Waals surface area contributed by atoms with Crippen molar-refractivity contribution in [1.29, 1.82) is 0 Å². The summed E-state index contributed by atoms with van der Waals surface area (Å²) in [5.74, 6) is 0.0102. The molecule has 1 N–H and O–H groups in total. The van der Waals surface area contributed by atoms with Gasteiger partial charge in [-0.05, 0) is 26.2 Å². The highest BCUT2D eigenvalue weighted by Gasteiger charge is 2.19. The highest BCUT2D eigenvalue weighted by atomic mass is 16.5. The van der Waals surface area contributed by atoms with Gasteiger partial charge in [-0.3, -0.25) is 9.69 Å². The fourth-order valence-corrected chi connectivity index (χ4v) is 1.80. The topological polar surface area (TPSA) is 46.5 Å². The van der Waals surface area contributed by atoms with Gasteiger partial charge in [0.25, 0.3) is 0 Å². The number of carbonyl (C=O) groups excluding carboxylic acids is 1. The fraction of sp³-hybridized carbons (Fsp3) is 0.615. The number of rotatable bonds is 7. The molecule has 1 aromatic heterocycles. The van der Waals surface area contributed by atoms with Crippen LogP contribution >= 0.6 is 0 Å². The van der Waals surface area contributed by atoms with Crippen LogP contribution in [0.1, 0.15) is 5.69 Å². The molecule has 0 aromatic carbocycles. The Balaban J connectivity index is 2.38. The van der Waals surface area contributed by atoms with Gasteiger partial charge in [0.05, 0.1) is 6.61 Å². The lowest BCUT2D eigenvalue weighted by Crippen LogP contribution is -2.46. The fourth-order valence-electron chi connectivity index (χ4n) is 1.80. The smallest absolute Gasteiger partial charge is 0.239 e. The van der Waals surface area contributed by atoms with Crippen molar-refractivity contribution in [1.82, 2.24) is 14.8 Å². The molecule has 0 bridgehead atoms. The summed E-state index contributed by atoms with van der Waals surface area (Å²) in [6.07, 6.45) is 2.84. The Hall–Kier alpha value is -1.33. The lowest BCUT2D eigenvalue weighted by molar-refractivity contribution is -0.127. The summed E-state index contributed by atoms with van der Waals surface area (Å²) >= 11 is 0. The number of aryl methyl sites for hydroxylation is 1. The van der Waals surface area contributed by atoms with Gasteiger partial charge in [0.1, 0.15) is 6.04 Å². The van der Waals surface area contributed by atoms with E-state index < -0.39 is 0 Å². The molecule has 0 saturated heterocycles. The highest BCUT2D eigenvalue weighted by Crippen LogP contribution is 2.00. The maximum Gasteiger partial charge on any atom is 0.239 e. The summed E-state index contributed by atoms with van der Waals surface area (Å²) in [7, 11) is 7.36. The quantitative estimate of drug-likeness (QED) is 0.758. The largest absolute Gasteiger partial charge is 0.383 e. The van der Waals surface area contributed by atoms with Crippen molar-refractivity contribution in [2.24, 2.45) is 7.05 Å². The van der Waals surface area contributed by atoms with E-state index >= 15 is 0 Å². The number of aromatic nitrogens is 1. The van der Waals surface area contributed by atoms with Crippen molar-refractivity contribution < 1.29 is 9.53 Å². The van der Waals surface area contributed by atoms with Crippen LogP contribution in [-0.4, -0.2) is 55.8 Å². The van der Waals surface area contributed by atoms with E-state index in [1.54, 1.807) is 7.11 Å². The van der Waals surface area contributed by atoms with E-state index in [-0.39, 0.29) is 11.9 Å². The Kier molecular flexibility index (Phi) is 5.88. The van der Waals surface area contributed by atoms with Crippen molar-refractivity contribution in [3.05, 3.63) is 24.0 Å². The van der Waals surface area contributed by atoms with Gasteiger partial charge in [-0.1, -0.05) is 0 Å². The molecule has 0 aliphatic heterocycles. The Morgan fingerprint density at radius 2 is 2.28 bits per heavy atom. The average molecular weight is 253 g/mol. The van der Waals surface area contributed by atoms with Crippen LogP contribution in [0.5, 0.6) is 0 Å². The zero-order chi connectivity index (χ0) is 13.5. The second-order valence-electron chi connectivity index (χ2n) is 4.59. The Morgan fingerprint density at radius 1 is 1.56 bits per heavy atom. The molecule has 102 valence electrons. The van der Waals surface area contributed by atoms with E-state index in [0.29, 0.717) is 13.2 Å². The summed E-state index contributed by atoms with van der Waals surface area (Å²) < 4.78 is 7.11. The molecule has 0 aliphatic rings. The number of carbonyl (C=O) groups is 1. The van der Waals surface area contributed by atoms with Crippen molar-refractivity contribution in [3.63, 3.8) is 0 Å². The third-order valence-corrected chi connectivity index (χ3v) is 2.98. The van der Waals surface area contributed by atoms with Gasteiger partial charge >= 0.3 is 0 Å². The summed E-state index contributed by atoms with van der Waals surface area (Å²) in [4.78, 5) is 13.8. The molecule has 0 spiro atoms. The monoisotopic (exact) mass is 253 g/mol. The van der Waals surface area contributed by atoms with E-state index in [2.05, 4.69) is 16.0 Å². The number of amides is 1. The molecular formula is C13H23N3O2. The van der Waals surface area contributed by atoms with Gasteiger partial charge in [-0.15, -0.1) is 0 Å². The number of nitrogens with zero attached hydrogens (tertiary/aromatic N) is 2. The van der Waals surface area contributed by atoms with Crippen LogP contribution in [-0.2, 0) is 23.0 Å². The first kappa shape index (κ1) is 14.7. The molecule has 0 radical (unpaired) electrons. The first-order valence-electron chi connectivity index (χ1n) is 6.09. The number of ether oxygens (including phenoxy) is 1. The van der Waals surface area contributed by atoms with Crippen LogP contribution in [0.15, 0.2) is 18.3 Å². The van der Waals surface area contributed by atoms with Crippen LogP contribution in [0.2, 0.25) is 0 Å². The van der Waals surface area contributed by atoms with E-state index in [1.807, 2.05) is 38.3 Å². The number of likely N-dealkylation sites (N-methyl/N-ethyl adjacent to an activating group) is 1. The van der Waals surface area contributed by atoms with Crippen LogP contribution in [0.4, 0.5) is 0 Å². The van der Waals surface area contributed by atoms with Crippen LogP contribution in [0, 0.1) is 0 Å². The number of hydrogen-bond donors (Lipinski definition) is 1. The zero-order valence-electron chi connectivity index (χ0n) is 11.6. The second-order valence-corrected chi connectivity index (χ2v) is 4.59. The predicted molar refractivity (Wildman–Crippen MR) is 71.5 cm³/mol. The van der Waals surface area contributed by atoms with Gasteiger partial charge < -0.3 is 14.6 Å². The predicted octanol–water partition coefficient (Wildman–Crippen LogP) is 0.260. The van der Waals surface area contributed by atoms with Gasteiger partial charge in [-0.2, -0.15) is 0 Å². The van der Waals surface area contributed by atoms with Crippen LogP contribution < -0.4 is 5.32 Å². The molecular weight excluding hydrogens is 230 g/mol. The second kappa shape index (κ2) is 7.18. The lowest BCUT2D eigenvalue weighted by Gasteiger charge is -2.22. The maximum atomic E-state index is 11.9. The molecule has 1 amide bonds. The number of hydrogen-bond acceptors (Lipinski definition) is 3. The van der Waals surface area contributed by atoms with Crippen LogP contribution in [0.3, 0.4) is 0 Å². The third-order valence-electron chi connectivity index (χ3n) is 2.98. The van der Waals surface area contributed by atoms with Crippen molar-refractivity contribution >= 4 is 5.91 Å². The van der Waals surface area contributed by atoms with Crippen molar-refractivity contribution in [2.45, 2.75) is 12.5 Å². The summed E-state index contributed by atoms with van der Waals surface area (Å²) in [6, 6.07) is 3.83. The van der Waals surface area contributed by atoms with E-state index in [1.165, 1.54) is 5.69 Å². The average Bonchev–Trinajstić information content (AvgIpc) is 2.71. The highest BCUT2D eigenvalue weighted by molar-refractivity contribution is 5.81. The van der Waals surface area contributed by atoms with Gasteiger partial charge in [0.2, 0.25) is 5.91 Å². The third kappa shape index (κ3) is 4.16. The molecule has 0 aliphatic carbocycles. The SMILES string of the molecule is COCC(C(=O)NCCc1cccn1C)N(C)C. The first-order chi connectivity index (χ1) is 8.56. The lowest BCUT2D eigenvalue weighted by atomic mass is 10.2. The molecule has 1 heterocycles. The summed E-state index contributed by atoms with van der Waals surface area (Å²) in [5.41, 5.74) is 1.21. The minimum absolute atomic E-state index is 0.0102. The molecule has 0 fully saturated rings. The van der Waals surface area contributed by atoms with E-state index in [0.717, 1.165) is 6.42 Å². The normalized spacial score (nSPS) is 12.7. The molecule has 1 aromatic rings. The van der Waals surface area contributed by atoms with E-state index in [9.17, 15) is 4.79 Å². The van der Waals surface area contributed by atoms with E-state index in [4.69, 9.17) is 4.74 Å². The standard InChI is InChI=1S/C13H23N3O2/c1-15(2)12(10-18-4)13(17)14-8-7-11-6-5-9-16(11)3/h5-6,9,12H,7-8,10H2,1-4H3,(H,14,17).